The van der Waals surface area contributed by atoms with E-state index in [2.05, 4.69) is 10.6 Å². The zero-order chi connectivity index (χ0) is 22.8. The largest absolute Gasteiger partial charge is 0.417 e. The highest BCUT2D eigenvalue weighted by Gasteiger charge is 2.33. The Morgan fingerprint density at radius 3 is 2.61 bits per heavy atom. The van der Waals surface area contributed by atoms with Crippen LogP contribution < -0.4 is 15.5 Å². The van der Waals surface area contributed by atoms with Crippen molar-refractivity contribution < 1.29 is 27.6 Å². The summed E-state index contributed by atoms with van der Waals surface area (Å²) in [6.07, 6.45) is -4.65. The third-order valence-electron chi connectivity index (χ3n) is 4.45. The molecule has 2 aromatic carbocycles. The molecule has 0 saturated heterocycles. The minimum atomic E-state index is -4.65. The van der Waals surface area contributed by atoms with Crippen LogP contribution in [0.15, 0.2) is 42.5 Å². The van der Waals surface area contributed by atoms with E-state index in [4.69, 9.17) is 11.6 Å². The van der Waals surface area contributed by atoms with Crippen molar-refractivity contribution in [2.24, 2.45) is 0 Å². The monoisotopic (exact) mass is 454 g/mol. The van der Waals surface area contributed by atoms with Crippen LogP contribution in [0.1, 0.15) is 5.56 Å². The van der Waals surface area contributed by atoms with Crippen molar-refractivity contribution in [3.8, 4) is 0 Å². The predicted molar refractivity (Wildman–Crippen MR) is 110 cm³/mol. The lowest BCUT2D eigenvalue weighted by Crippen LogP contribution is -2.47. The Kier molecular flexibility index (Phi) is 6.51. The number of anilines is 3. The van der Waals surface area contributed by atoms with Gasteiger partial charge in [-0.2, -0.15) is 13.2 Å². The molecule has 164 valence electrons. The number of carbonyl (C=O) groups excluding carboxylic acids is 3. The molecule has 1 aliphatic rings. The van der Waals surface area contributed by atoms with Crippen LogP contribution in [0.2, 0.25) is 5.02 Å². The van der Waals surface area contributed by atoms with Gasteiger partial charge in [0, 0.05) is 5.69 Å². The summed E-state index contributed by atoms with van der Waals surface area (Å²) in [5.74, 6) is -1.35. The second-order valence-corrected chi connectivity index (χ2v) is 7.37. The highest BCUT2D eigenvalue weighted by atomic mass is 35.5. The van der Waals surface area contributed by atoms with Gasteiger partial charge in [-0.05, 0) is 37.4 Å². The molecule has 31 heavy (non-hydrogen) atoms. The Labute approximate surface area is 180 Å². The fourth-order valence-electron chi connectivity index (χ4n) is 3.09. The van der Waals surface area contributed by atoms with Crippen molar-refractivity contribution in [2.45, 2.75) is 6.18 Å². The maximum absolute atomic E-state index is 13.0. The summed E-state index contributed by atoms with van der Waals surface area (Å²) in [6.45, 7) is -0.582. The fraction of sp³-hybridized carbons (Fsp3) is 0.250. The van der Waals surface area contributed by atoms with Crippen LogP contribution in [0.5, 0.6) is 0 Å². The lowest BCUT2D eigenvalue weighted by atomic mass is 10.2. The van der Waals surface area contributed by atoms with Gasteiger partial charge in [0.1, 0.15) is 6.54 Å². The van der Waals surface area contributed by atoms with Crippen LogP contribution in [0, 0.1) is 0 Å². The average Bonchev–Trinajstić information content (AvgIpc) is 2.67. The Morgan fingerprint density at radius 1 is 1.19 bits per heavy atom. The number of alkyl halides is 3. The number of para-hydroxylation sites is 2. The Bertz CT molecular complexity index is 1030. The van der Waals surface area contributed by atoms with Crippen molar-refractivity contribution in [1.82, 2.24) is 4.90 Å². The van der Waals surface area contributed by atoms with E-state index in [0.717, 1.165) is 12.1 Å². The van der Waals surface area contributed by atoms with Crippen LogP contribution in [0.3, 0.4) is 0 Å². The molecular weight excluding hydrogens is 437 g/mol. The molecule has 1 heterocycles. The maximum atomic E-state index is 13.0. The summed E-state index contributed by atoms with van der Waals surface area (Å²) < 4.78 is 38.9. The summed E-state index contributed by atoms with van der Waals surface area (Å²) in [5.41, 5.74) is -0.0675. The molecule has 2 aromatic rings. The summed E-state index contributed by atoms with van der Waals surface area (Å²) in [7, 11) is 1.51. The molecule has 0 spiro atoms. The maximum Gasteiger partial charge on any atom is 0.417 e. The highest BCUT2D eigenvalue weighted by molar-refractivity contribution is 6.31. The number of nitrogens with one attached hydrogen (secondary N) is 2. The third kappa shape index (κ3) is 5.53. The summed E-state index contributed by atoms with van der Waals surface area (Å²) in [4.78, 5) is 39.5. The first-order valence-electron chi connectivity index (χ1n) is 9.09. The second kappa shape index (κ2) is 8.94. The minimum absolute atomic E-state index is 0.0666. The van der Waals surface area contributed by atoms with Gasteiger partial charge in [0.15, 0.2) is 0 Å². The topological polar surface area (TPSA) is 81.8 Å². The normalized spacial score (nSPS) is 13.6. The Balaban J connectivity index is 1.61. The molecule has 0 bridgehead atoms. The molecule has 0 aliphatic carbocycles. The minimum Gasteiger partial charge on any atom is -0.325 e. The lowest BCUT2D eigenvalue weighted by Gasteiger charge is -2.30. The number of fused-ring (bicyclic) bond motifs is 1. The van der Waals surface area contributed by atoms with Crippen molar-refractivity contribution in [2.75, 3.05) is 42.2 Å². The van der Waals surface area contributed by atoms with Gasteiger partial charge in [-0.1, -0.05) is 23.7 Å². The molecule has 0 unspecified atom stereocenters. The SMILES string of the molecule is CN(CC(=O)Nc1ccc(Cl)c(C(F)(F)F)c1)CC(=O)N1CC(=O)Nc2ccccc21. The van der Waals surface area contributed by atoms with Gasteiger partial charge in [0.25, 0.3) is 0 Å². The average molecular weight is 455 g/mol. The van der Waals surface area contributed by atoms with Crippen molar-refractivity contribution in [3.63, 3.8) is 0 Å². The summed E-state index contributed by atoms with van der Waals surface area (Å²) >= 11 is 5.57. The number of halogens is 4. The molecule has 0 saturated carbocycles. The molecule has 2 N–H and O–H groups in total. The van der Waals surface area contributed by atoms with E-state index in [9.17, 15) is 27.6 Å². The van der Waals surface area contributed by atoms with Crippen molar-refractivity contribution in [3.05, 3.63) is 53.1 Å². The molecule has 7 nitrogen and oxygen atoms in total. The van der Waals surface area contributed by atoms with E-state index >= 15 is 0 Å². The van der Waals surface area contributed by atoms with E-state index in [1.54, 1.807) is 24.3 Å². The van der Waals surface area contributed by atoms with Gasteiger partial charge in [-0.15, -0.1) is 0 Å². The number of rotatable bonds is 5. The number of carbonyl (C=O) groups is 3. The van der Waals surface area contributed by atoms with Gasteiger partial charge in [-0.3, -0.25) is 24.2 Å². The quantitative estimate of drug-likeness (QED) is 0.727. The predicted octanol–water partition coefficient (Wildman–Crippen LogP) is 3.21. The first-order chi connectivity index (χ1) is 14.5. The molecule has 1 aliphatic heterocycles. The number of hydrogen-bond acceptors (Lipinski definition) is 4. The molecule has 0 fully saturated rings. The van der Waals surface area contributed by atoms with Crippen LogP contribution in [-0.4, -0.2) is 49.3 Å². The zero-order valence-electron chi connectivity index (χ0n) is 16.3. The van der Waals surface area contributed by atoms with E-state index in [0.29, 0.717) is 11.4 Å². The standard InChI is InChI=1S/C20H18ClF3N4O3/c1-27(9-17(29)25-12-6-7-14(21)13(8-12)20(22,23)24)11-19(31)28-10-18(30)26-15-4-2-3-5-16(15)28/h2-8H,9-11H2,1H3,(H,25,29)(H,26,30). The van der Waals surface area contributed by atoms with Gasteiger partial charge >= 0.3 is 6.18 Å². The van der Waals surface area contributed by atoms with E-state index < -0.39 is 28.6 Å². The van der Waals surface area contributed by atoms with E-state index in [1.807, 2.05) is 0 Å². The number of amides is 3. The van der Waals surface area contributed by atoms with E-state index in [-0.39, 0.29) is 31.2 Å². The molecule has 0 aromatic heterocycles. The number of nitrogens with zero attached hydrogens (tertiary/aromatic N) is 2. The van der Waals surface area contributed by atoms with Crippen molar-refractivity contribution >= 4 is 46.4 Å². The molecule has 0 radical (unpaired) electrons. The fourth-order valence-corrected chi connectivity index (χ4v) is 3.32. The number of benzene rings is 2. The lowest BCUT2D eigenvalue weighted by molar-refractivity contribution is -0.137. The Hall–Kier alpha value is -3.11. The summed E-state index contributed by atoms with van der Waals surface area (Å²) in [5, 5.41) is 4.56. The van der Waals surface area contributed by atoms with Crippen molar-refractivity contribution in [1.29, 1.82) is 0 Å². The van der Waals surface area contributed by atoms with Gasteiger partial charge in [0.05, 0.1) is 35.1 Å². The molecule has 3 rings (SSSR count). The van der Waals surface area contributed by atoms with Gasteiger partial charge < -0.3 is 10.6 Å². The molecule has 3 amide bonds. The molecule has 0 atom stereocenters. The first-order valence-corrected chi connectivity index (χ1v) is 9.47. The first kappa shape index (κ1) is 22.6. The summed E-state index contributed by atoms with van der Waals surface area (Å²) in [6, 6.07) is 9.87. The van der Waals surface area contributed by atoms with Crippen LogP contribution in [0.4, 0.5) is 30.2 Å². The van der Waals surface area contributed by atoms with Gasteiger partial charge in [-0.25, -0.2) is 0 Å². The van der Waals surface area contributed by atoms with Crippen LogP contribution in [0.25, 0.3) is 0 Å². The zero-order valence-corrected chi connectivity index (χ0v) is 17.0. The third-order valence-corrected chi connectivity index (χ3v) is 4.78. The van der Waals surface area contributed by atoms with Crippen LogP contribution >= 0.6 is 11.6 Å². The number of likely N-dealkylation sites (N-methyl/N-ethyl adjacent to an activating group) is 1. The van der Waals surface area contributed by atoms with E-state index in [1.165, 1.54) is 22.9 Å². The smallest absolute Gasteiger partial charge is 0.325 e. The highest BCUT2D eigenvalue weighted by Crippen LogP contribution is 2.36. The molecular formula is C20H18ClF3N4O3. The second-order valence-electron chi connectivity index (χ2n) is 6.96. The van der Waals surface area contributed by atoms with Crippen LogP contribution in [-0.2, 0) is 20.6 Å². The van der Waals surface area contributed by atoms with Gasteiger partial charge in [0.2, 0.25) is 17.7 Å². The Morgan fingerprint density at radius 2 is 1.90 bits per heavy atom. The molecule has 11 heteroatoms. The number of hydrogen-bond donors (Lipinski definition) is 2.